The van der Waals surface area contributed by atoms with Crippen LogP contribution in [-0.2, 0) is 9.16 Å². The highest BCUT2D eigenvalue weighted by molar-refractivity contribution is 6.53. The largest absolute Gasteiger partial charge is 0.504 e. The fraction of sp³-hybridized carbons (Fsp3) is 0.857. The topological polar surface area (TPSA) is 77.3 Å². The molecule has 0 heterocycles. The Morgan fingerprint density at radius 1 is 0.857 bits per heavy atom. The molecule has 6 nitrogen and oxygen atoms in total. The van der Waals surface area contributed by atoms with Crippen molar-refractivity contribution in [1.29, 1.82) is 0 Å². The van der Waals surface area contributed by atoms with Crippen LogP contribution < -0.4 is 0 Å². The average molecular weight is 316 g/mol. The summed E-state index contributed by atoms with van der Waals surface area (Å²) in [6, 6.07) is 1.86. The molecule has 0 fully saturated rings. The molecule has 0 aromatic heterocycles. The number of ether oxygens (including phenoxy) is 1. The quantitative estimate of drug-likeness (QED) is 0.328. The Morgan fingerprint density at radius 2 is 1.48 bits per heavy atom. The number of rotatable bonds is 10. The van der Waals surface area contributed by atoms with Crippen molar-refractivity contribution in [2.24, 2.45) is 10.2 Å². The highest BCUT2D eigenvalue weighted by atomic mass is 28.3. The minimum absolute atomic E-state index is 0.315. The van der Waals surface area contributed by atoms with Crippen molar-refractivity contribution in [3.8, 4) is 0 Å². The van der Waals surface area contributed by atoms with Gasteiger partial charge in [-0.05, 0) is 18.5 Å². The number of amides is 2. The standard InChI is InChI=1S/C14H28N2O4Si/c1-4-7-8-9-10-19-13(17)15-16-14(18)20-21(11-5-2)12-6-3/h21H,4-12H2,1-3H3. The van der Waals surface area contributed by atoms with Gasteiger partial charge in [-0.1, -0.05) is 63.1 Å². The van der Waals surface area contributed by atoms with Gasteiger partial charge in [0.25, 0.3) is 0 Å². The van der Waals surface area contributed by atoms with Crippen LogP contribution in [0.15, 0.2) is 10.2 Å². The summed E-state index contributed by atoms with van der Waals surface area (Å²) in [5.41, 5.74) is 0. The van der Waals surface area contributed by atoms with E-state index in [4.69, 9.17) is 9.16 Å². The van der Waals surface area contributed by atoms with Crippen molar-refractivity contribution in [2.45, 2.75) is 71.4 Å². The minimum Gasteiger partial charge on any atom is -0.504 e. The first-order valence-electron chi connectivity index (χ1n) is 7.93. The van der Waals surface area contributed by atoms with Crippen LogP contribution >= 0.6 is 0 Å². The maximum atomic E-state index is 11.5. The van der Waals surface area contributed by atoms with E-state index in [1.165, 1.54) is 0 Å². The number of hydrogen-bond donors (Lipinski definition) is 0. The summed E-state index contributed by atoms with van der Waals surface area (Å²) in [6.45, 7) is 6.54. The third-order valence-corrected chi connectivity index (χ3v) is 5.90. The lowest BCUT2D eigenvalue weighted by atomic mass is 10.2. The van der Waals surface area contributed by atoms with E-state index in [0.717, 1.165) is 50.6 Å². The Hall–Kier alpha value is -1.24. The van der Waals surface area contributed by atoms with Gasteiger partial charge in [-0.25, -0.2) is 9.59 Å². The van der Waals surface area contributed by atoms with Gasteiger partial charge in [0.2, 0.25) is 9.04 Å². The first-order valence-corrected chi connectivity index (χ1v) is 10.0. The molecule has 2 amide bonds. The van der Waals surface area contributed by atoms with Crippen molar-refractivity contribution in [3.63, 3.8) is 0 Å². The molecule has 0 radical (unpaired) electrons. The molecule has 0 aliphatic heterocycles. The third kappa shape index (κ3) is 12.2. The molecule has 0 bridgehead atoms. The second kappa shape index (κ2) is 13.7. The summed E-state index contributed by atoms with van der Waals surface area (Å²) in [5.74, 6) is 0. The molecule has 0 saturated carbocycles. The molecule has 0 spiro atoms. The van der Waals surface area contributed by atoms with E-state index in [2.05, 4.69) is 31.0 Å². The molecule has 0 atom stereocenters. The number of azo groups is 1. The molecular formula is C14H28N2O4Si. The predicted molar refractivity (Wildman–Crippen MR) is 84.2 cm³/mol. The summed E-state index contributed by atoms with van der Waals surface area (Å²) in [4.78, 5) is 22.7. The van der Waals surface area contributed by atoms with Gasteiger partial charge in [0, 0.05) is 0 Å². The van der Waals surface area contributed by atoms with Crippen molar-refractivity contribution >= 4 is 21.2 Å². The lowest BCUT2D eigenvalue weighted by Gasteiger charge is -2.11. The maximum Gasteiger partial charge on any atom is 0.452 e. The predicted octanol–water partition coefficient (Wildman–Crippen LogP) is 4.84. The summed E-state index contributed by atoms with van der Waals surface area (Å²) in [7, 11) is -1.55. The van der Waals surface area contributed by atoms with E-state index < -0.39 is 21.2 Å². The van der Waals surface area contributed by atoms with Crippen LogP contribution in [0, 0.1) is 0 Å². The smallest absolute Gasteiger partial charge is 0.452 e. The summed E-state index contributed by atoms with van der Waals surface area (Å²) in [6.07, 6.45) is 4.45. The fourth-order valence-electron chi connectivity index (χ4n) is 1.87. The number of nitrogens with zero attached hydrogens (tertiary/aromatic N) is 2. The molecule has 0 unspecified atom stereocenters. The molecule has 21 heavy (non-hydrogen) atoms. The Balaban J connectivity index is 3.92. The van der Waals surface area contributed by atoms with Crippen LogP contribution in [0.5, 0.6) is 0 Å². The number of carbonyl (C=O) groups excluding carboxylic acids is 2. The van der Waals surface area contributed by atoms with Gasteiger partial charge < -0.3 is 9.16 Å². The monoisotopic (exact) mass is 316 g/mol. The lowest BCUT2D eigenvalue weighted by Crippen LogP contribution is -2.20. The second-order valence-corrected chi connectivity index (χ2v) is 7.59. The Kier molecular flexibility index (Phi) is 12.9. The van der Waals surface area contributed by atoms with Gasteiger partial charge in [0.1, 0.15) is 0 Å². The molecule has 0 aromatic carbocycles. The molecule has 0 aromatic rings. The van der Waals surface area contributed by atoms with Gasteiger partial charge in [0.05, 0.1) is 6.61 Å². The van der Waals surface area contributed by atoms with Gasteiger partial charge in [0.15, 0.2) is 0 Å². The molecule has 0 aliphatic carbocycles. The van der Waals surface area contributed by atoms with Crippen LogP contribution in [0.1, 0.15) is 59.3 Å². The zero-order valence-electron chi connectivity index (χ0n) is 13.5. The molecule has 0 N–H and O–H groups in total. The van der Waals surface area contributed by atoms with Gasteiger partial charge in [-0.2, -0.15) is 0 Å². The van der Waals surface area contributed by atoms with Crippen LogP contribution in [-0.4, -0.2) is 27.8 Å². The number of hydrogen-bond acceptors (Lipinski definition) is 4. The van der Waals surface area contributed by atoms with Crippen LogP contribution in [0.3, 0.4) is 0 Å². The van der Waals surface area contributed by atoms with Crippen LogP contribution in [0.2, 0.25) is 12.1 Å². The Bertz CT molecular complexity index is 318. The zero-order valence-corrected chi connectivity index (χ0v) is 14.6. The maximum absolute atomic E-state index is 11.5. The van der Waals surface area contributed by atoms with E-state index in [9.17, 15) is 9.59 Å². The minimum atomic E-state index is -1.55. The van der Waals surface area contributed by atoms with E-state index in [1.807, 2.05) is 0 Å². The third-order valence-electron chi connectivity index (χ3n) is 2.93. The number of carbonyl (C=O) groups is 2. The van der Waals surface area contributed by atoms with Crippen molar-refractivity contribution in [2.75, 3.05) is 6.61 Å². The summed E-state index contributed by atoms with van der Waals surface area (Å²) < 4.78 is 10.1. The molecule has 0 aliphatic rings. The van der Waals surface area contributed by atoms with Gasteiger partial charge >= 0.3 is 12.2 Å². The van der Waals surface area contributed by atoms with Crippen molar-refractivity contribution in [3.05, 3.63) is 0 Å². The van der Waals surface area contributed by atoms with E-state index in [-0.39, 0.29) is 0 Å². The first-order chi connectivity index (χ1) is 10.1. The van der Waals surface area contributed by atoms with Crippen LogP contribution in [0.4, 0.5) is 9.59 Å². The van der Waals surface area contributed by atoms with E-state index in [0.29, 0.717) is 6.61 Å². The Morgan fingerprint density at radius 3 is 2.05 bits per heavy atom. The lowest BCUT2D eigenvalue weighted by molar-refractivity contribution is 0.152. The van der Waals surface area contributed by atoms with Crippen molar-refractivity contribution in [1.82, 2.24) is 0 Å². The van der Waals surface area contributed by atoms with E-state index in [1.54, 1.807) is 0 Å². The zero-order chi connectivity index (χ0) is 15.9. The normalized spacial score (nSPS) is 11.0. The molecule has 122 valence electrons. The molecule has 7 heteroatoms. The molecule has 0 saturated heterocycles. The second-order valence-electron chi connectivity index (χ2n) is 4.96. The fourth-order valence-corrected chi connectivity index (χ4v) is 4.02. The highest BCUT2D eigenvalue weighted by Crippen LogP contribution is 2.08. The van der Waals surface area contributed by atoms with Crippen LogP contribution in [0.25, 0.3) is 0 Å². The Labute approximate surface area is 129 Å². The summed E-state index contributed by atoms with van der Waals surface area (Å²) in [5, 5.41) is 6.49. The molecule has 0 rings (SSSR count). The van der Waals surface area contributed by atoms with Gasteiger partial charge in [-0.3, -0.25) is 0 Å². The highest BCUT2D eigenvalue weighted by Gasteiger charge is 2.15. The molecular weight excluding hydrogens is 288 g/mol. The first kappa shape index (κ1) is 19.8. The van der Waals surface area contributed by atoms with Crippen molar-refractivity contribution < 1.29 is 18.8 Å². The average Bonchev–Trinajstić information content (AvgIpc) is 2.45. The van der Waals surface area contributed by atoms with Gasteiger partial charge in [-0.15, -0.1) is 0 Å². The SMILES string of the molecule is CCCCCCOC(=O)N=NC(=O)O[SiH](CCC)CCC. The van der Waals surface area contributed by atoms with E-state index >= 15 is 0 Å². The number of unbranched alkanes of at least 4 members (excludes halogenated alkanes) is 3. The summed E-state index contributed by atoms with van der Waals surface area (Å²) >= 11 is 0.